The molecule has 25 heavy (non-hydrogen) atoms. The lowest BCUT2D eigenvalue weighted by molar-refractivity contribution is -0.123. The Hall–Kier alpha value is -3.16. The number of benzene rings is 1. The molecule has 2 unspecified atom stereocenters. The Kier molecular flexibility index (Phi) is 3.72. The number of anilines is 2. The molecule has 0 aliphatic carbocycles. The Balaban J connectivity index is 1.46. The molecule has 2 aliphatic heterocycles. The lowest BCUT2D eigenvalue weighted by Gasteiger charge is -2.32. The van der Waals surface area contributed by atoms with E-state index in [0.717, 1.165) is 16.1 Å². The predicted molar refractivity (Wildman–Crippen MR) is 91.3 cm³/mol. The van der Waals surface area contributed by atoms with Crippen LogP contribution >= 0.6 is 0 Å². The second-order valence-electron chi connectivity index (χ2n) is 6.19. The largest absolute Gasteiger partial charge is 0.356 e. The van der Waals surface area contributed by atoms with Crippen molar-refractivity contribution >= 4 is 23.2 Å². The molecule has 2 N–H and O–H groups in total. The zero-order chi connectivity index (χ0) is 17.4. The predicted octanol–water partition coefficient (Wildman–Crippen LogP) is -0.0409. The lowest BCUT2D eigenvalue weighted by atomic mass is 10.1. The molecule has 2 atom stereocenters. The van der Waals surface area contributed by atoms with Crippen molar-refractivity contribution < 1.29 is 9.59 Å². The van der Waals surface area contributed by atoms with E-state index in [1.165, 1.54) is 18.3 Å². The molecular formula is C17H17N5O3. The van der Waals surface area contributed by atoms with Gasteiger partial charge in [-0.1, -0.05) is 12.1 Å². The Morgan fingerprint density at radius 1 is 1.24 bits per heavy atom. The van der Waals surface area contributed by atoms with Gasteiger partial charge < -0.3 is 15.5 Å². The third kappa shape index (κ3) is 2.86. The van der Waals surface area contributed by atoms with Crippen LogP contribution in [0.5, 0.6) is 0 Å². The van der Waals surface area contributed by atoms with Crippen LogP contribution in [0.15, 0.2) is 47.4 Å². The van der Waals surface area contributed by atoms with Crippen molar-refractivity contribution in [3.05, 3.63) is 52.9 Å². The van der Waals surface area contributed by atoms with E-state index in [0.29, 0.717) is 13.0 Å². The van der Waals surface area contributed by atoms with Crippen molar-refractivity contribution in [2.45, 2.75) is 25.0 Å². The third-order valence-corrected chi connectivity index (χ3v) is 4.52. The summed E-state index contributed by atoms with van der Waals surface area (Å²) in [5.41, 5.74) is 1.43. The minimum atomic E-state index is -0.324. The number of hydrogen-bond acceptors (Lipinski definition) is 5. The summed E-state index contributed by atoms with van der Waals surface area (Å²) < 4.78 is 1.11. The number of nitrogens with one attached hydrogen (secondary N) is 2. The first kappa shape index (κ1) is 15.4. The van der Waals surface area contributed by atoms with E-state index in [2.05, 4.69) is 15.7 Å². The molecule has 2 aromatic rings. The van der Waals surface area contributed by atoms with Crippen molar-refractivity contribution in [1.82, 2.24) is 15.1 Å². The van der Waals surface area contributed by atoms with Gasteiger partial charge in [0.05, 0.1) is 11.4 Å². The number of amides is 2. The maximum absolute atomic E-state index is 12.3. The molecule has 0 spiro atoms. The molecule has 0 bridgehead atoms. The summed E-state index contributed by atoms with van der Waals surface area (Å²) in [6.45, 7) is 0.418. The van der Waals surface area contributed by atoms with Gasteiger partial charge in [0.25, 0.3) is 5.56 Å². The van der Waals surface area contributed by atoms with E-state index in [-0.39, 0.29) is 36.0 Å². The highest BCUT2D eigenvalue weighted by molar-refractivity contribution is 6.04. The van der Waals surface area contributed by atoms with Crippen molar-refractivity contribution in [1.29, 1.82) is 0 Å². The molecule has 3 heterocycles. The molecular weight excluding hydrogens is 322 g/mol. The van der Waals surface area contributed by atoms with Crippen LogP contribution in [0.1, 0.15) is 6.42 Å². The fourth-order valence-electron chi connectivity index (χ4n) is 3.42. The van der Waals surface area contributed by atoms with E-state index in [4.69, 9.17) is 0 Å². The SMILES string of the molecule is O=C(Cn1ncccc1=O)NC1CC2C(=O)Nc3ccccc3N2C1. The average Bonchev–Trinajstić information content (AvgIpc) is 3.01. The van der Waals surface area contributed by atoms with Gasteiger partial charge in [0.1, 0.15) is 12.6 Å². The van der Waals surface area contributed by atoms with Gasteiger partial charge in [-0.15, -0.1) is 0 Å². The second kappa shape index (κ2) is 6.04. The first-order valence-corrected chi connectivity index (χ1v) is 8.10. The summed E-state index contributed by atoms with van der Waals surface area (Å²) in [6, 6.07) is 10.1. The number of rotatable bonds is 3. The molecule has 4 rings (SSSR count). The van der Waals surface area contributed by atoms with Crippen molar-refractivity contribution in [2.75, 3.05) is 16.8 Å². The number of nitrogens with zero attached hydrogens (tertiary/aromatic N) is 3. The van der Waals surface area contributed by atoms with Gasteiger partial charge in [-0.2, -0.15) is 5.10 Å². The first-order valence-electron chi connectivity index (χ1n) is 8.10. The van der Waals surface area contributed by atoms with E-state index in [9.17, 15) is 14.4 Å². The topological polar surface area (TPSA) is 96.3 Å². The van der Waals surface area contributed by atoms with Gasteiger partial charge in [0.15, 0.2) is 0 Å². The summed E-state index contributed by atoms with van der Waals surface area (Å²) in [5, 5.41) is 9.68. The number of fused-ring (bicyclic) bond motifs is 3. The van der Waals surface area contributed by atoms with Crippen LogP contribution in [-0.2, 0) is 16.1 Å². The van der Waals surface area contributed by atoms with Gasteiger partial charge in [0, 0.05) is 24.8 Å². The zero-order valence-corrected chi connectivity index (χ0v) is 13.4. The highest BCUT2D eigenvalue weighted by Crippen LogP contribution is 2.36. The summed E-state index contributed by atoms with van der Waals surface area (Å²) in [6.07, 6.45) is 1.99. The number of hydrogen-bond donors (Lipinski definition) is 2. The van der Waals surface area contributed by atoms with Crippen LogP contribution in [0.3, 0.4) is 0 Å². The highest BCUT2D eigenvalue weighted by atomic mass is 16.2. The zero-order valence-electron chi connectivity index (χ0n) is 13.4. The van der Waals surface area contributed by atoms with Crippen LogP contribution in [0.4, 0.5) is 11.4 Å². The van der Waals surface area contributed by atoms with Crippen molar-refractivity contribution in [3.63, 3.8) is 0 Å². The second-order valence-corrected chi connectivity index (χ2v) is 6.19. The van der Waals surface area contributed by atoms with Crippen LogP contribution in [0, 0.1) is 0 Å². The number of para-hydroxylation sites is 2. The molecule has 1 aromatic heterocycles. The average molecular weight is 339 g/mol. The van der Waals surface area contributed by atoms with Crippen LogP contribution in [0.2, 0.25) is 0 Å². The summed E-state index contributed by atoms with van der Waals surface area (Å²) in [4.78, 5) is 38.2. The molecule has 8 nitrogen and oxygen atoms in total. The van der Waals surface area contributed by atoms with Crippen molar-refractivity contribution in [2.24, 2.45) is 0 Å². The molecule has 1 fully saturated rings. The number of aromatic nitrogens is 2. The summed E-state index contributed by atoms with van der Waals surface area (Å²) in [5.74, 6) is -0.351. The summed E-state index contributed by atoms with van der Waals surface area (Å²) in [7, 11) is 0. The minimum Gasteiger partial charge on any atom is -0.356 e. The molecule has 1 saturated heterocycles. The normalized spacial score (nSPS) is 21.3. The van der Waals surface area contributed by atoms with Gasteiger partial charge in [0.2, 0.25) is 11.8 Å². The molecule has 1 aromatic carbocycles. The smallest absolute Gasteiger partial charge is 0.267 e. The molecule has 128 valence electrons. The fourth-order valence-corrected chi connectivity index (χ4v) is 3.42. The quantitative estimate of drug-likeness (QED) is 0.818. The van der Waals surface area contributed by atoms with Gasteiger partial charge in [-0.05, 0) is 24.6 Å². The van der Waals surface area contributed by atoms with E-state index < -0.39 is 0 Å². The third-order valence-electron chi connectivity index (χ3n) is 4.52. The van der Waals surface area contributed by atoms with E-state index >= 15 is 0 Å². The lowest BCUT2D eigenvalue weighted by Crippen LogP contribution is -2.44. The molecule has 2 aliphatic rings. The van der Waals surface area contributed by atoms with E-state index in [1.54, 1.807) is 0 Å². The van der Waals surface area contributed by atoms with Crippen LogP contribution < -0.4 is 21.1 Å². The fraction of sp³-hybridized carbons (Fsp3) is 0.294. The Morgan fingerprint density at radius 2 is 2.08 bits per heavy atom. The number of carbonyl (C=O) groups is 2. The summed E-state index contributed by atoms with van der Waals surface area (Å²) >= 11 is 0. The van der Waals surface area contributed by atoms with Gasteiger partial charge in [-0.3, -0.25) is 14.4 Å². The van der Waals surface area contributed by atoms with E-state index in [1.807, 2.05) is 29.2 Å². The highest BCUT2D eigenvalue weighted by Gasteiger charge is 2.41. The minimum absolute atomic E-state index is 0.0589. The Morgan fingerprint density at radius 3 is 2.92 bits per heavy atom. The molecule has 0 radical (unpaired) electrons. The van der Waals surface area contributed by atoms with Crippen LogP contribution in [0.25, 0.3) is 0 Å². The van der Waals surface area contributed by atoms with Crippen LogP contribution in [-0.4, -0.2) is 40.2 Å². The Bertz CT molecular complexity index is 894. The molecule has 0 saturated carbocycles. The number of carbonyl (C=O) groups excluding carboxylic acids is 2. The maximum Gasteiger partial charge on any atom is 0.267 e. The Labute approximate surface area is 143 Å². The first-order chi connectivity index (χ1) is 12.1. The maximum atomic E-state index is 12.3. The standard InChI is InChI=1S/C17H17N5O3/c23-15(10-22-16(24)6-3-7-18-22)19-11-8-14-17(25)20-12-4-1-2-5-13(12)21(14)9-11/h1-7,11,14H,8-10H2,(H,19,23)(H,20,25). The molecule has 8 heteroatoms. The molecule has 2 amide bonds. The van der Waals surface area contributed by atoms with Gasteiger partial charge >= 0.3 is 0 Å². The van der Waals surface area contributed by atoms with Crippen molar-refractivity contribution in [3.8, 4) is 0 Å². The van der Waals surface area contributed by atoms with Gasteiger partial charge in [-0.25, -0.2) is 4.68 Å². The monoisotopic (exact) mass is 339 g/mol.